The van der Waals surface area contributed by atoms with Crippen molar-refractivity contribution >= 4 is 17.4 Å². The fourth-order valence-corrected chi connectivity index (χ4v) is 1.90. The summed E-state index contributed by atoms with van der Waals surface area (Å²) in [7, 11) is 0. The summed E-state index contributed by atoms with van der Waals surface area (Å²) in [6.45, 7) is 6.79. The Morgan fingerprint density at radius 2 is 2.11 bits per heavy atom. The minimum absolute atomic E-state index is 0.661. The van der Waals surface area contributed by atoms with Gasteiger partial charge in [0.1, 0.15) is 5.82 Å². The molecule has 0 aliphatic heterocycles. The summed E-state index contributed by atoms with van der Waals surface area (Å²) in [4.78, 5) is 6.53. The molecular weight excluding hydrogens is 248 g/mol. The normalized spacial score (nSPS) is 10.6. The second-order valence-corrected chi connectivity index (χ2v) is 4.49. The number of nitrogens with zero attached hydrogens (tertiary/aromatic N) is 4. The maximum Gasteiger partial charge on any atom is 0.128 e. The standard InChI is InChI=1S/C13H17ClN4/c1-3-17(13-6-5-12(14)8-15-13)9-11-7-16-18(4-2)10-11/h5-8,10H,3-4,9H2,1-2H3. The Morgan fingerprint density at radius 1 is 1.28 bits per heavy atom. The molecule has 0 N–H and O–H groups in total. The van der Waals surface area contributed by atoms with Crippen LogP contribution in [-0.4, -0.2) is 21.3 Å². The van der Waals surface area contributed by atoms with E-state index in [1.807, 2.05) is 23.0 Å². The third kappa shape index (κ3) is 3.01. The molecule has 96 valence electrons. The lowest BCUT2D eigenvalue weighted by molar-refractivity contribution is 0.658. The van der Waals surface area contributed by atoms with Crippen molar-refractivity contribution in [3.63, 3.8) is 0 Å². The van der Waals surface area contributed by atoms with Gasteiger partial charge in [0.15, 0.2) is 0 Å². The second kappa shape index (κ2) is 5.87. The van der Waals surface area contributed by atoms with E-state index in [9.17, 15) is 0 Å². The first-order valence-electron chi connectivity index (χ1n) is 6.10. The molecule has 0 aliphatic rings. The van der Waals surface area contributed by atoms with Crippen molar-refractivity contribution in [2.24, 2.45) is 0 Å². The molecule has 0 saturated heterocycles. The Hall–Kier alpha value is -1.55. The molecule has 2 aromatic heterocycles. The van der Waals surface area contributed by atoms with Crippen LogP contribution in [0.15, 0.2) is 30.7 Å². The highest BCUT2D eigenvalue weighted by Gasteiger charge is 2.08. The summed E-state index contributed by atoms with van der Waals surface area (Å²) < 4.78 is 1.93. The maximum absolute atomic E-state index is 5.85. The lowest BCUT2D eigenvalue weighted by Gasteiger charge is -2.21. The molecule has 0 atom stereocenters. The van der Waals surface area contributed by atoms with Crippen LogP contribution in [0.4, 0.5) is 5.82 Å². The number of pyridine rings is 1. The summed E-state index contributed by atoms with van der Waals surface area (Å²) in [5, 5.41) is 4.94. The average molecular weight is 265 g/mol. The number of aryl methyl sites for hydroxylation is 1. The van der Waals surface area contributed by atoms with Crippen molar-refractivity contribution in [1.29, 1.82) is 0 Å². The van der Waals surface area contributed by atoms with Crippen molar-refractivity contribution in [3.05, 3.63) is 41.3 Å². The van der Waals surface area contributed by atoms with Crippen LogP contribution in [-0.2, 0) is 13.1 Å². The molecule has 0 bridgehead atoms. The predicted molar refractivity (Wildman–Crippen MR) is 73.9 cm³/mol. The lowest BCUT2D eigenvalue weighted by atomic mass is 10.3. The van der Waals surface area contributed by atoms with E-state index in [1.54, 1.807) is 6.20 Å². The molecule has 0 saturated carbocycles. The zero-order chi connectivity index (χ0) is 13.0. The molecule has 0 aliphatic carbocycles. The first-order chi connectivity index (χ1) is 8.72. The van der Waals surface area contributed by atoms with Crippen LogP contribution >= 0.6 is 11.6 Å². The Labute approximate surface area is 112 Å². The molecule has 0 aromatic carbocycles. The van der Waals surface area contributed by atoms with Gasteiger partial charge < -0.3 is 4.90 Å². The second-order valence-electron chi connectivity index (χ2n) is 4.05. The topological polar surface area (TPSA) is 34.0 Å². The summed E-state index contributed by atoms with van der Waals surface area (Å²) in [6.07, 6.45) is 5.65. The SMILES string of the molecule is CCN(Cc1cnn(CC)c1)c1ccc(Cl)cn1. The smallest absolute Gasteiger partial charge is 0.128 e. The Kier molecular flexibility index (Phi) is 4.20. The van der Waals surface area contributed by atoms with E-state index in [0.717, 1.165) is 25.5 Å². The van der Waals surface area contributed by atoms with E-state index in [0.29, 0.717) is 5.02 Å². The molecular formula is C13H17ClN4. The quantitative estimate of drug-likeness (QED) is 0.833. The largest absolute Gasteiger partial charge is 0.352 e. The predicted octanol–water partition coefficient (Wildman–Crippen LogP) is 2.98. The van der Waals surface area contributed by atoms with Gasteiger partial charge in [-0.1, -0.05) is 11.6 Å². The lowest BCUT2D eigenvalue weighted by Crippen LogP contribution is -2.22. The molecule has 18 heavy (non-hydrogen) atoms. The van der Waals surface area contributed by atoms with Gasteiger partial charge in [-0.05, 0) is 26.0 Å². The van der Waals surface area contributed by atoms with Crippen molar-refractivity contribution in [1.82, 2.24) is 14.8 Å². The summed E-state index contributed by atoms with van der Waals surface area (Å²) in [6, 6.07) is 3.80. The number of hydrogen-bond acceptors (Lipinski definition) is 3. The van der Waals surface area contributed by atoms with Crippen molar-refractivity contribution in [2.75, 3.05) is 11.4 Å². The van der Waals surface area contributed by atoms with Gasteiger partial charge in [-0.2, -0.15) is 5.10 Å². The van der Waals surface area contributed by atoms with Crippen LogP contribution in [0.2, 0.25) is 5.02 Å². The van der Waals surface area contributed by atoms with E-state index >= 15 is 0 Å². The monoisotopic (exact) mass is 264 g/mol. The summed E-state index contributed by atoms with van der Waals surface area (Å²) in [5.41, 5.74) is 1.19. The molecule has 0 unspecified atom stereocenters. The molecule has 0 radical (unpaired) electrons. The number of anilines is 1. The van der Waals surface area contributed by atoms with E-state index in [-0.39, 0.29) is 0 Å². The van der Waals surface area contributed by atoms with E-state index < -0.39 is 0 Å². The number of halogens is 1. The molecule has 0 fully saturated rings. The Morgan fingerprint density at radius 3 is 2.67 bits per heavy atom. The highest BCUT2D eigenvalue weighted by molar-refractivity contribution is 6.30. The van der Waals surface area contributed by atoms with Gasteiger partial charge in [-0.15, -0.1) is 0 Å². The van der Waals surface area contributed by atoms with Crippen LogP contribution in [0.1, 0.15) is 19.4 Å². The first-order valence-corrected chi connectivity index (χ1v) is 6.48. The minimum Gasteiger partial charge on any atom is -0.352 e. The van der Waals surface area contributed by atoms with Crippen molar-refractivity contribution in [2.45, 2.75) is 26.9 Å². The van der Waals surface area contributed by atoms with Gasteiger partial charge in [0.25, 0.3) is 0 Å². The number of rotatable bonds is 5. The van der Waals surface area contributed by atoms with Crippen molar-refractivity contribution < 1.29 is 0 Å². The van der Waals surface area contributed by atoms with Gasteiger partial charge >= 0.3 is 0 Å². The molecule has 4 nitrogen and oxygen atoms in total. The maximum atomic E-state index is 5.85. The van der Waals surface area contributed by atoms with Gasteiger partial charge in [0.2, 0.25) is 0 Å². The van der Waals surface area contributed by atoms with Gasteiger partial charge in [0, 0.05) is 37.6 Å². The molecule has 2 aromatic rings. The minimum atomic E-state index is 0.661. The Balaban J connectivity index is 2.11. The Bertz CT molecular complexity index is 492. The summed E-state index contributed by atoms with van der Waals surface area (Å²) >= 11 is 5.85. The molecule has 2 heterocycles. The fraction of sp³-hybridized carbons (Fsp3) is 0.385. The zero-order valence-electron chi connectivity index (χ0n) is 10.7. The highest BCUT2D eigenvalue weighted by Crippen LogP contribution is 2.16. The third-order valence-corrected chi connectivity index (χ3v) is 3.03. The molecule has 0 spiro atoms. The van der Waals surface area contributed by atoms with Crippen LogP contribution < -0.4 is 4.90 Å². The van der Waals surface area contributed by atoms with Gasteiger partial charge in [0.05, 0.1) is 11.2 Å². The molecule has 5 heteroatoms. The molecule has 0 amide bonds. The van der Waals surface area contributed by atoms with Gasteiger partial charge in [-0.3, -0.25) is 4.68 Å². The van der Waals surface area contributed by atoms with Crippen molar-refractivity contribution in [3.8, 4) is 0 Å². The number of aromatic nitrogens is 3. The van der Waals surface area contributed by atoms with E-state index in [1.165, 1.54) is 5.56 Å². The van der Waals surface area contributed by atoms with E-state index in [2.05, 4.69) is 35.0 Å². The van der Waals surface area contributed by atoms with Crippen LogP contribution in [0.5, 0.6) is 0 Å². The highest BCUT2D eigenvalue weighted by atomic mass is 35.5. The number of hydrogen-bond donors (Lipinski definition) is 0. The van der Waals surface area contributed by atoms with Crippen LogP contribution in [0.25, 0.3) is 0 Å². The summed E-state index contributed by atoms with van der Waals surface area (Å²) in [5.74, 6) is 0.936. The molecule has 2 rings (SSSR count). The third-order valence-electron chi connectivity index (χ3n) is 2.80. The fourth-order valence-electron chi connectivity index (χ4n) is 1.79. The average Bonchev–Trinajstić information content (AvgIpc) is 2.85. The zero-order valence-corrected chi connectivity index (χ0v) is 11.4. The first kappa shape index (κ1) is 12.9. The van der Waals surface area contributed by atoms with Crippen LogP contribution in [0.3, 0.4) is 0 Å². The van der Waals surface area contributed by atoms with Crippen LogP contribution in [0, 0.1) is 0 Å². The van der Waals surface area contributed by atoms with E-state index in [4.69, 9.17) is 11.6 Å². The van der Waals surface area contributed by atoms with Gasteiger partial charge in [-0.25, -0.2) is 4.98 Å².